The number of halogens is 1. The van der Waals surface area contributed by atoms with Gasteiger partial charge in [0.05, 0.1) is 18.3 Å². The van der Waals surface area contributed by atoms with E-state index in [0.29, 0.717) is 24.0 Å². The Kier molecular flexibility index (Phi) is 4.20. The van der Waals surface area contributed by atoms with Gasteiger partial charge in [0.2, 0.25) is 0 Å². The Labute approximate surface area is 123 Å². The van der Waals surface area contributed by atoms with Crippen LogP contribution in [0, 0.1) is 5.82 Å². The van der Waals surface area contributed by atoms with Gasteiger partial charge < -0.3 is 9.84 Å². The van der Waals surface area contributed by atoms with Crippen LogP contribution >= 0.6 is 0 Å². The van der Waals surface area contributed by atoms with Crippen LogP contribution in [0.3, 0.4) is 0 Å². The maximum atomic E-state index is 13.3. The van der Waals surface area contributed by atoms with Crippen LogP contribution in [0.5, 0.6) is 5.75 Å². The molecule has 0 spiro atoms. The normalized spacial score (nSPS) is 15.5. The van der Waals surface area contributed by atoms with Crippen molar-refractivity contribution in [3.05, 3.63) is 47.5 Å². The predicted octanol–water partition coefficient (Wildman–Crippen LogP) is 3.21. The highest BCUT2D eigenvalue weighted by molar-refractivity contribution is 5.29. The van der Waals surface area contributed by atoms with Gasteiger partial charge in [-0.15, -0.1) is 0 Å². The number of nitrogens with zero attached hydrogens (tertiary/aromatic N) is 2. The molecule has 5 heteroatoms. The van der Waals surface area contributed by atoms with Gasteiger partial charge in [0.15, 0.2) is 0 Å². The molecule has 1 fully saturated rings. The van der Waals surface area contributed by atoms with Crippen LogP contribution in [0.15, 0.2) is 30.5 Å². The minimum atomic E-state index is -0.409. The highest BCUT2D eigenvalue weighted by Crippen LogP contribution is 2.28. The van der Waals surface area contributed by atoms with Gasteiger partial charge in [0.1, 0.15) is 18.2 Å². The SMILES string of the molecule is OCc1cc(F)cc(OCc2ccn(C3CCCC3)n2)c1. The van der Waals surface area contributed by atoms with E-state index >= 15 is 0 Å². The molecule has 112 valence electrons. The second kappa shape index (κ2) is 6.26. The monoisotopic (exact) mass is 290 g/mol. The molecule has 0 amide bonds. The first-order chi connectivity index (χ1) is 10.2. The Morgan fingerprint density at radius 2 is 2.10 bits per heavy atom. The highest BCUT2D eigenvalue weighted by atomic mass is 19.1. The van der Waals surface area contributed by atoms with Crippen molar-refractivity contribution >= 4 is 0 Å². The summed E-state index contributed by atoms with van der Waals surface area (Å²) in [5.74, 6) is 0.00232. The molecule has 0 radical (unpaired) electrons. The second-order valence-electron chi connectivity index (χ2n) is 5.47. The number of benzene rings is 1. The number of aliphatic hydroxyl groups is 1. The number of aromatic nitrogens is 2. The van der Waals surface area contributed by atoms with Gasteiger partial charge in [-0.25, -0.2) is 4.39 Å². The third kappa shape index (κ3) is 3.42. The van der Waals surface area contributed by atoms with Gasteiger partial charge in [-0.3, -0.25) is 4.68 Å². The van der Waals surface area contributed by atoms with Crippen LogP contribution in [0.1, 0.15) is 43.0 Å². The highest BCUT2D eigenvalue weighted by Gasteiger charge is 2.17. The van der Waals surface area contributed by atoms with Crippen LogP contribution in [0.2, 0.25) is 0 Å². The summed E-state index contributed by atoms with van der Waals surface area (Å²) in [6.07, 6.45) is 6.89. The van der Waals surface area contributed by atoms with Crippen LogP contribution < -0.4 is 4.74 Å². The largest absolute Gasteiger partial charge is 0.487 e. The number of ether oxygens (including phenoxy) is 1. The number of aliphatic hydroxyl groups excluding tert-OH is 1. The zero-order chi connectivity index (χ0) is 14.7. The number of hydrogen-bond donors (Lipinski definition) is 1. The summed E-state index contributed by atoms with van der Waals surface area (Å²) in [4.78, 5) is 0. The molecule has 0 bridgehead atoms. The summed E-state index contributed by atoms with van der Waals surface area (Å²) in [5, 5.41) is 13.6. The van der Waals surface area contributed by atoms with E-state index in [2.05, 4.69) is 5.10 Å². The van der Waals surface area contributed by atoms with Crippen molar-refractivity contribution in [1.29, 1.82) is 0 Å². The molecule has 0 atom stereocenters. The van der Waals surface area contributed by atoms with Crippen molar-refractivity contribution in [1.82, 2.24) is 9.78 Å². The Hall–Kier alpha value is -1.88. The standard InChI is InChI=1S/C16H19FN2O2/c17-13-7-12(10-20)8-16(9-13)21-11-14-5-6-19(18-14)15-3-1-2-4-15/h5-9,15,20H,1-4,10-11H2. The lowest BCUT2D eigenvalue weighted by Gasteiger charge is -2.09. The quantitative estimate of drug-likeness (QED) is 0.919. The molecular weight excluding hydrogens is 271 g/mol. The van der Waals surface area contributed by atoms with Crippen LogP contribution in [-0.2, 0) is 13.2 Å². The third-order valence-corrected chi connectivity index (χ3v) is 3.86. The van der Waals surface area contributed by atoms with Gasteiger partial charge in [0, 0.05) is 12.3 Å². The zero-order valence-electron chi connectivity index (χ0n) is 11.8. The molecule has 0 aliphatic heterocycles. The number of rotatable bonds is 5. The van der Waals surface area contributed by atoms with E-state index in [-0.39, 0.29) is 6.61 Å². The van der Waals surface area contributed by atoms with Crippen molar-refractivity contribution in [2.24, 2.45) is 0 Å². The van der Waals surface area contributed by atoms with Crippen LogP contribution in [0.25, 0.3) is 0 Å². The Morgan fingerprint density at radius 3 is 2.86 bits per heavy atom. The van der Waals surface area contributed by atoms with E-state index in [1.807, 2.05) is 16.9 Å². The van der Waals surface area contributed by atoms with E-state index in [4.69, 9.17) is 9.84 Å². The maximum absolute atomic E-state index is 13.3. The molecule has 0 saturated heterocycles. The minimum Gasteiger partial charge on any atom is -0.487 e. The molecule has 1 saturated carbocycles. The molecule has 1 aromatic heterocycles. The van der Waals surface area contributed by atoms with E-state index in [9.17, 15) is 4.39 Å². The average Bonchev–Trinajstić information content (AvgIpc) is 3.15. The molecule has 1 aliphatic carbocycles. The topological polar surface area (TPSA) is 47.3 Å². The van der Waals surface area contributed by atoms with E-state index in [1.54, 1.807) is 6.07 Å². The summed E-state index contributed by atoms with van der Waals surface area (Å²) < 4.78 is 20.9. The minimum absolute atomic E-state index is 0.204. The zero-order valence-corrected chi connectivity index (χ0v) is 11.8. The fraction of sp³-hybridized carbons (Fsp3) is 0.438. The van der Waals surface area contributed by atoms with Crippen molar-refractivity contribution < 1.29 is 14.2 Å². The van der Waals surface area contributed by atoms with Crippen molar-refractivity contribution in [2.75, 3.05) is 0 Å². The fourth-order valence-corrected chi connectivity index (χ4v) is 2.78. The molecule has 1 N–H and O–H groups in total. The summed E-state index contributed by atoms with van der Waals surface area (Å²) in [7, 11) is 0. The lowest BCUT2D eigenvalue weighted by Crippen LogP contribution is -2.06. The lowest BCUT2D eigenvalue weighted by molar-refractivity contribution is 0.275. The first kappa shape index (κ1) is 14.1. The summed E-state index contributed by atoms with van der Waals surface area (Å²) >= 11 is 0. The molecule has 0 unspecified atom stereocenters. The third-order valence-electron chi connectivity index (χ3n) is 3.86. The Morgan fingerprint density at radius 1 is 1.29 bits per heavy atom. The van der Waals surface area contributed by atoms with Crippen molar-refractivity contribution in [3.8, 4) is 5.75 Å². The van der Waals surface area contributed by atoms with Gasteiger partial charge in [-0.05, 0) is 36.6 Å². The maximum Gasteiger partial charge on any atom is 0.132 e. The predicted molar refractivity (Wildman–Crippen MR) is 76.4 cm³/mol. The molecule has 21 heavy (non-hydrogen) atoms. The van der Waals surface area contributed by atoms with Gasteiger partial charge >= 0.3 is 0 Å². The van der Waals surface area contributed by atoms with Crippen LogP contribution in [0.4, 0.5) is 4.39 Å². The second-order valence-corrected chi connectivity index (χ2v) is 5.47. The molecule has 1 heterocycles. The van der Waals surface area contributed by atoms with E-state index in [1.165, 1.54) is 37.8 Å². The number of hydrogen-bond acceptors (Lipinski definition) is 3. The van der Waals surface area contributed by atoms with Crippen LogP contribution in [-0.4, -0.2) is 14.9 Å². The molecule has 1 aromatic carbocycles. The van der Waals surface area contributed by atoms with E-state index < -0.39 is 5.82 Å². The Bertz CT molecular complexity index is 606. The molecular formula is C16H19FN2O2. The van der Waals surface area contributed by atoms with Gasteiger partial charge in [0.25, 0.3) is 0 Å². The molecule has 2 aromatic rings. The molecule has 4 nitrogen and oxygen atoms in total. The molecule has 1 aliphatic rings. The van der Waals surface area contributed by atoms with Gasteiger partial charge in [-0.1, -0.05) is 12.8 Å². The van der Waals surface area contributed by atoms with E-state index in [0.717, 1.165) is 5.69 Å². The van der Waals surface area contributed by atoms with Crippen molar-refractivity contribution in [2.45, 2.75) is 44.9 Å². The lowest BCUT2D eigenvalue weighted by atomic mass is 10.2. The summed E-state index contributed by atoms with van der Waals surface area (Å²) in [6.45, 7) is 0.0957. The summed E-state index contributed by atoms with van der Waals surface area (Å²) in [5.41, 5.74) is 1.33. The fourth-order valence-electron chi connectivity index (χ4n) is 2.78. The van der Waals surface area contributed by atoms with Crippen molar-refractivity contribution in [3.63, 3.8) is 0 Å². The van der Waals surface area contributed by atoms with Gasteiger partial charge in [-0.2, -0.15) is 5.10 Å². The first-order valence-electron chi connectivity index (χ1n) is 7.32. The average molecular weight is 290 g/mol. The first-order valence-corrected chi connectivity index (χ1v) is 7.32. The Balaban J connectivity index is 1.63. The summed E-state index contributed by atoms with van der Waals surface area (Å²) in [6, 6.07) is 6.69. The smallest absolute Gasteiger partial charge is 0.132 e. The molecule has 3 rings (SSSR count).